The molecule has 0 aromatic carbocycles. The molecule has 3 heterocycles. The zero-order valence-electron chi connectivity index (χ0n) is 18.5. The third-order valence-electron chi connectivity index (χ3n) is 3.83. The van der Waals surface area contributed by atoms with Gasteiger partial charge in [-0.1, -0.05) is 0 Å². The van der Waals surface area contributed by atoms with Crippen molar-refractivity contribution in [1.29, 1.82) is 0 Å². The molecule has 0 saturated heterocycles. The summed E-state index contributed by atoms with van der Waals surface area (Å²) in [6.07, 6.45) is 7.09. The van der Waals surface area contributed by atoms with E-state index in [1.54, 1.807) is 39.8 Å². The summed E-state index contributed by atoms with van der Waals surface area (Å²) in [6.45, 7) is 7.05. The Kier molecular flexibility index (Phi) is 9.23. The second-order valence-electron chi connectivity index (χ2n) is 7.23. The fourth-order valence-corrected chi connectivity index (χ4v) is 5.54. The average molecular weight is 513 g/mol. The van der Waals surface area contributed by atoms with Crippen LogP contribution >= 0.6 is 11.6 Å². The van der Waals surface area contributed by atoms with Gasteiger partial charge >= 0.3 is 0 Å². The third kappa shape index (κ3) is 7.42. The minimum atomic E-state index is -3.75. The van der Waals surface area contributed by atoms with E-state index in [-0.39, 0.29) is 33.0 Å². The molecule has 0 aliphatic rings. The van der Waals surface area contributed by atoms with E-state index in [4.69, 9.17) is 11.6 Å². The van der Waals surface area contributed by atoms with Crippen LogP contribution in [0.1, 0.15) is 27.7 Å². The van der Waals surface area contributed by atoms with Gasteiger partial charge in [-0.15, -0.1) is 0 Å². The third-order valence-corrected chi connectivity index (χ3v) is 7.62. The predicted molar refractivity (Wildman–Crippen MR) is 126 cm³/mol. The number of hydrogen-bond acceptors (Lipinski definition) is 8. The number of pyridine rings is 2. The summed E-state index contributed by atoms with van der Waals surface area (Å²) in [5, 5.41) is -0.00506. The van der Waals surface area contributed by atoms with Crippen LogP contribution in [0.25, 0.3) is 0 Å². The highest BCUT2D eigenvalue weighted by Crippen LogP contribution is 2.24. The van der Waals surface area contributed by atoms with Crippen molar-refractivity contribution >= 4 is 37.5 Å². The molecular formula is C20H25ClN6O4S2. The highest BCUT2D eigenvalue weighted by Gasteiger charge is 2.28. The molecule has 178 valence electrons. The molecular weight excluding hydrogens is 488 g/mol. The van der Waals surface area contributed by atoms with Gasteiger partial charge in [-0.2, -0.15) is 4.98 Å². The van der Waals surface area contributed by atoms with Gasteiger partial charge in [0.05, 0.1) is 0 Å². The molecule has 0 bridgehead atoms. The van der Waals surface area contributed by atoms with Gasteiger partial charge in [-0.25, -0.2) is 30.8 Å². The van der Waals surface area contributed by atoms with E-state index >= 15 is 0 Å². The van der Waals surface area contributed by atoms with Crippen molar-refractivity contribution < 1.29 is 16.8 Å². The van der Waals surface area contributed by atoms with Crippen LogP contribution in [0.15, 0.2) is 71.1 Å². The molecule has 0 unspecified atom stereocenters. The van der Waals surface area contributed by atoms with Crippen LogP contribution in [0.2, 0.25) is 5.28 Å². The van der Waals surface area contributed by atoms with E-state index < -0.39 is 20.0 Å². The molecule has 1 N–H and O–H groups in total. The number of anilines is 1. The number of aromatic nitrogens is 4. The quantitative estimate of drug-likeness (QED) is 0.477. The van der Waals surface area contributed by atoms with E-state index in [9.17, 15) is 16.8 Å². The predicted octanol–water partition coefficient (Wildman–Crippen LogP) is 2.90. The first-order chi connectivity index (χ1) is 15.4. The van der Waals surface area contributed by atoms with Gasteiger partial charge in [0.1, 0.15) is 15.6 Å². The lowest BCUT2D eigenvalue weighted by Crippen LogP contribution is -2.37. The molecule has 0 fully saturated rings. The molecule has 0 saturated carbocycles. The van der Waals surface area contributed by atoms with Gasteiger partial charge in [0.2, 0.25) is 15.3 Å². The molecule has 33 heavy (non-hydrogen) atoms. The van der Waals surface area contributed by atoms with E-state index in [0.717, 1.165) is 0 Å². The van der Waals surface area contributed by atoms with Gasteiger partial charge in [0, 0.05) is 49.1 Å². The first-order valence-electron chi connectivity index (χ1n) is 9.80. The Morgan fingerprint density at radius 1 is 0.879 bits per heavy atom. The summed E-state index contributed by atoms with van der Waals surface area (Å²) in [6, 6.07) is 7.22. The maximum Gasteiger partial charge on any atom is 0.267 e. The first-order valence-corrected chi connectivity index (χ1v) is 13.1. The number of sulfonamides is 2. The Bertz CT molecular complexity index is 1240. The van der Waals surface area contributed by atoms with Gasteiger partial charge in [-0.3, -0.25) is 9.97 Å². The Balaban J connectivity index is 0.000000257. The Hall–Kier alpha value is -2.67. The standard InChI is InChI=1S/C12H13ClN4O2S.C8H12N2O2S/c1-9(2)17(11-5-7-15-12(13)16-11)20(18,19)10-4-3-6-14-8-10;1-7(2)10-13(11,12)8-4-3-5-9-6-8/h3-9H,1-2H3;3-7,10H,1-2H3. The summed E-state index contributed by atoms with van der Waals surface area (Å²) in [7, 11) is -7.12. The molecule has 3 aromatic heterocycles. The van der Waals surface area contributed by atoms with Gasteiger partial charge in [-0.05, 0) is 63.6 Å². The summed E-state index contributed by atoms with van der Waals surface area (Å²) in [5.41, 5.74) is 0. The minimum Gasteiger partial charge on any atom is -0.263 e. The molecule has 0 spiro atoms. The van der Waals surface area contributed by atoms with Crippen molar-refractivity contribution in [2.24, 2.45) is 0 Å². The second-order valence-corrected chi connectivity index (χ2v) is 11.1. The molecule has 3 rings (SSSR count). The first kappa shape index (κ1) is 26.6. The van der Waals surface area contributed by atoms with Crippen LogP contribution in [-0.4, -0.2) is 48.9 Å². The smallest absolute Gasteiger partial charge is 0.263 e. The van der Waals surface area contributed by atoms with E-state index in [2.05, 4.69) is 24.7 Å². The molecule has 0 amide bonds. The SMILES string of the molecule is CC(C)N(c1ccnc(Cl)n1)S(=O)(=O)c1cccnc1.CC(C)NS(=O)(=O)c1cccnc1. The summed E-state index contributed by atoms with van der Waals surface area (Å²) in [4.78, 5) is 15.6. The molecule has 0 aliphatic carbocycles. The van der Waals surface area contributed by atoms with Crippen molar-refractivity contribution in [2.75, 3.05) is 4.31 Å². The fraction of sp³-hybridized carbons (Fsp3) is 0.300. The fourth-order valence-electron chi connectivity index (χ4n) is 2.61. The summed E-state index contributed by atoms with van der Waals surface area (Å²) >= 11 is 5.73. The van der Waals surface area contributed by atoms with Crippen molar-refractivity contribution in [3.63, 3.8) is 0 Å². The van der Waals surface area contributed by atoms with Crippen LogP contribution in [0.4, 0.5) is 5.82 Å². The van der Waals surface area contributed by atoms with Crippen molar-refractivity contribution in [2.45, 2.75) is 49.6 Å². The van der Waals surface area contributed by atoms with Crippen molar-refractivity contribution in [3.8, 4) is 0 Å². The monoisotopic (exact) mass is 512 g/mol. The number of nitrogens with zero attached hydrogens (tertiary/aromatic N) is 5. The maximum atomic E-state index is 12.7. The molecule has 0 radical (unpaired) electrons. The number of nitrogens with one attached hydrogen (secondary N) is 1. The highest BCUT2D eigenvalue weighted by atomic mass is 35.5. The molecule has 0 atom stereocenters. The average Bonchev–Trinajstić information content (AvgIpc) is 2.74. The van der Waals surface area contributed by atoms with Crippen LogP contribution in [0, 0.1) is 0 Å². The molecule has 13 heteroatoms. The molecule has 10 nitrogen and oxygen atoms in total. The molecule has 3 aromatic rings. The van der Waals surface area contributed by atoms with Gasteiger partial charge in [0.15, 0.2) is 0 Å². The lowest BCUT2D eigenvalue weighted by atomic mass is 10.4. The minimum absolute atomic E-state index is 0.00506. The number of halogens is 1. The zero-order valence-corrected chi connectivity index (χ0v) is 20.9. The van der Waals surface area contributed by atoms with Crippen molar-refractivity contribution in [3.05, 3.63) is 66.6 Å². The topological polar surface area (TPSA) is 135 Å². The maximum absolute atomic E-state index is 12.7. The number of hydrogen-bond donors (Lipinski definition) is 1. The van der Waals surface area contributed by atoms with Gasteiger partial charge < -0.3 is 0 Å². The van der Waals surface area contributed by atoms with E-state index in [1.165, 1.54) is 53.5 Å². The number of rotatable bonds is 7. The van der Waals surface area contributed by atoms with E-state index in [1.807, 2.05) is 0 Å². The zero-order chi connectivity index (χ0) is 24.6. The van der Waals surface area contributed by atoms with Crippen LogP contribution < -0.4 is 9.03 Å². The van der Waals surface area contributed by atoms with Crippen LogP contribution in [0.3, 0.4) is 0 Å². The Morgan fingerprint density at radius 3 is 1.91 bits per heavy atom. The summed E-state index contributed by atoms with van der Waals surface area (Å²) < 4.78 is 52.0. The van der Waals surface area contributed by atoms with Crippen LogP contribution in [-0.2, 0) is 20.0 Å². The van der Waals surface area contributed by atoms with Gasteiger partial charge in [0.25, 0.3) is 10.0 Å². The summed E-state index contributed by atoms with van der Waals surface area (Å²) in [5.74, 6) is 0.226. The highest BCUT2D eigenvalue weighted by molar-refractivity contribution is 7.92. The lowest BCUT2D eigenvalue weighted by Gasteiger charge is -2.26. The second kappa shape index (κ2) is 11.5. The van der Waals surface area contributed by atoms with Crippen LogP contribution in [0.5, 0.6) is 0 Å². The Labute approximate surface area is 199 Å². The largest absolute Gasteiger partial charge is 0.267 e. The molecule has 0 aliphatic heterocycles. The van der Waals surface area contributed by atoms with Crippen molar-refractivity contribution in [1.82, 2.24) is 24.7 Å². The van der Waals surface area contributed by atoms with E-state index in [0.29, 0.717) is 0 Å². The lowest BCUT2D eigenvalue weighted by molar-refractivity contribution is 0.569. The Morgan fingerprint density at radius 2 is 1.45 bits per heavy atom. The normalized spacial score (nSPS) is 11.7.